The van der Waals surface area contributed by atoms with Gasteiger partial charge in [0.1, 0.15) is 11.6 Å². The third-order valence-corrected chi connectivity index (χ3v) is 4.02. The smallest absolute Gasteiger partial charge is 0.360 e. The maximum Gasteiger partial charge on any atom is 0.360 e. The molecule has 106 valence electrons. The van der Waals surface area contributed by atoms with E-state index in [1.54, 1.807) is 6.92 Å². The maximum absolute atomic E-state index is 11.8. The molecule has 1 aromatic rings. The number of nitrogens with two attached hydrogens (primary N) is 1. The van der Waals surface area contributed by atoms with Gasteiger partial charge < -0.3 is 15.0 Å². The first-order valence-electron chi connectivity index (χ1n) is 6.96. The van der Waals surface area contributed by atoms with Crippen LogP contribution in [0, 0.1) is 12.3 Å². The van der Waals surface area contributed by atoms with Gasteiger partial charge in [0.2, 0.25) is 0 Å². The van der Waals surface area contributed by atoms with Gasteiger partial charge in [-0.05, 0) is 32.1 Å². The molecule has 2 N–H and O–H groups in total. The number of imidazole rings is 1. The highest BCUT2D eigenvalue weighted by molar-refractivity contribution is 5.92. The van der Waals surface area contributed by atoms with Crippen LogP contribution >= 0.6 is 0 Å². The van der Waals surface area contributed by atoms with Gasteiger partial charge in [-0.15, -0.1) is 0 Å². The van der Waals surface area contributed by atoms with Gasteiger partial charge in [-0.2, -0.15) is 0 Å². The summed E-state index contributed by atoms with van der Waals surface area (Å²) in [5, 5.41) is 0. The Morgan fingerprint density at radius 2 is 2.11 bits per heavy atom. The van der Waals surface area contributed by atoms with E-state index in [1.165, 1.54) is 25.7 Å². The molecule has 0 aromatic carbocycles. The quantitative estimate of drug-likeness (QED) is 0.849. The summed E-state index contributed by atoms with van der Waals surface area (Å²) in [7, 11) is 0. The predicted molar refractivity (Wildman–Crippen MR) is 73.9 cm³/mol. The van der Waals surface area contributed by atoms with E-state index >= 15 is 0 Å². The largest absolute Gasteiger partial charge is 0.461 e. The molecule has 2 rings (SSSR count). The molecule has 5 heteroatoms. The van der Waals surface area contributed by atoms with Gasteiger partial charge in [0.25, 0.3) is 0 Å². The monoisotopic (exact) mass is 265 g/mol. The average Bonchev–Trinajstić information content (AvgIpc) is 2.89. The third kappa shape index (κ3) is 2.74. The molecule has 1 aliphatic carbocycles. The molecule has 1 aliphatic rings. The Labute approximate surface area is 114 Å². The number of nitrogen functional groups attached to an aromatic ring is 1. The summed E-state index contributed by atoms with van der Waals surface area (Å²) >= 11 is 0. The number of ether oxygens (including phenoxy) is 1. The highest BCUT2D eigenvalue weighted by Crippen LogP contribution is 2.39. The van der Waals surface area contributed by atoms with Crippen molar-refractivity contribution >= 4 is 11.8 Å². The molecule has 0 spiro atoms. The number of hydrogen-bond donors (Lipinski definition) is 1. The van der Waals surface area contributed by atoms with Gasteiger partial charge in [0.15, 0.2) is 5.69 Å². The number of anilines is 1. The lowest BCUT2D eigenvalue weighted by atomic mass is 9.89. The minimum absolute atomic E-state index is 0.251. The Bertz CT molecular complexity index is 473. The van der Waals surface area contributed by atoms with E-state index in [0.29, 0.717) is 12.4 Å². The average molecular weight is 265 g/mol. The fourth-order valence-electron chi connectivity index (χ4n) is 2.90. The SMILES string of the molecule is CCOC(=O)c1nc(C)n(CC2(C)CCCC2)c1N. The topological polar surface area (TPSA) is 70.1 Å². The van der Waals surface area contributed by atoms with Gasteiger partial charge in [-0.25, -0.2) is 9.78 Å². The van der Waals surface area contributed by atoms with Crippen LogP contribution in [0.25, 0.3) is 0 Å². The van der Waals surface area contributed by atoms with Crippen LogP contribution in [0.15, 0.2) is 0 Å². The van der Waals surface area contributed by atoms with Crippen molar-refractivity contribution in [2.24, 2.45) is 5.41 Å². The second kappa shape index (κ2) is 5.23. The van der Waals surface area contributed by atoms with Gasteiger partial charge in [-0.1, -0.05) is 19.8 Å². The van der Waals surface area contributed by atoms with E-state index in [0.717, 1.165) is 12.4 Å². The summed E-state index contributed by atoms with van der Waals surface area (Å²) in [5.41, 5.74) is 6.59. The van der Waals surface area contributed by atoms with Crippen molar-refractivity contribution in [3.63, 3.8) is 0 Å². The standard InChI is InChI=1S/C14H23N3O2/c1-4-19-13(18)11-12(15)17(10(2)16-11)9-14(3)7-5-6-8-14/h4-9,15H2,1-3H3. The molecule has 1 heterocycles. The number of aromatic nitrogens is 2. The van der Waals surface area contributed by atoms with Crippen LogP contribution in [0.2, 0.25) is 0 Å². The zero-order chi connectivity index (χ0) is 14.0. The number of aryl methyl sites for hydroxylation is 1. The number of nitrogens with zero attached hydrogens (tertiary/aromatic N) is 2. The zero-order valence-corrected chi connectivity index (χ0v) is 12.0. The molecule has 1 aromatic heterocycles. The molecular weight excluding hydrogens is 242 g/mol. The molecule has 0 unspecified atom stereocenters. The summed E-state index contributed by atoms with van der Waals surface area (Å²) in [6.45, 7) is 7.11. The Hall–Kier alpha value is -1.52. The molecule has 0 saturated heterocycles. The van der Waals surface area contributed by atoms with Crippen LogP contribution in [-0.2, 0) is 11.3 Å². The molecule has 5 nitrogen and oxygen atoms in total. The van der Waals surface area contributed by atoms with Crippen LogP contribution in [0.4, 0.5) is 5.82 Å². The predicted octanol–water partition coefficient (Wildman–Crippen LogP) is 2.53. The van der Waals surface area contributed by atoms with Gasteiger partial charge in [0.05, 0.1) is 6.61 Å². The first-order chi connectivity index (χ1) is 8.97. The van der Waals surface area contributed by atoms with E-state index in [1.807, 2.05) is 11.5 Å². The first-order valence-corrected chi connectivity index (χ1v) is 6.96. The van der Waals surface area contributed by atoms with Crippen molar-refractivity contribution < 1.29 is 9.53 Å². The second-order valence-electron chi connectivity index (χ2n) is 5.72. The van der Waals surface area contributed by atoms with Crippen molar-refractivity contribution in [2.75, 3.05) is 12.3 Å². The highest BCUT2D eigenvalue weighted by atomic mass is 16.5. The lowest BCUT2D eigenvalue weighted by molar-refractivity contribution is 0.0521. The first kappa shape index (κ1) is 13.9. The molecule has 0 bridgehead atoms. The maximum atomic E-state index is 11.8. The number of esters is 1. The Morgan fingerprint density at radius 1 is 1.47 bits per heavy atom. The second-order valence-corrected chi connectivity index (χ2v) is 5.72. The summed E-state index contributed by atoms with van der Waals surface area (Å²) < 4.78 is 6.93. The Kier molecular flexibility index (Phi) is 3.83. The van der Waals surface area contributed by atoms with Crippen molar-refractivity contribution in [1.82, 2.24) is 9.55 Å². The van der Waals surface area contributed by atoms with Gasteiger partial charge in [-0.3, -0.25) is 0 Å². The summed E-state index contributed by atoms with van der Waals surface area (Å²) in [6.07, 6.45) is 4.96. The molecule has 0 amide bonds. The van der Waals surface area contributed by atoms with E-state index in [-0.39, 0.29) is 11.1 Å². The zero-order valence-electron chi connectivity index (χ0n) is 12.0. The molecule has 1 saturated carbocycles. The van der Waals surface area contributed by atoms with E-state index < -0.39 is 5.97 Å². The molecular formula is C14H23N3O2. The summed E-state index contributed by atoms with van der Waals surface area (Å²) in [5.74, 6) is 0.788. The van der Waals surface area contributed by atoms with Crippen LogP contribution in [-0.4, -0.2) is 22.1 Å². The number of carbonyl (C=O) groups excluding carboxylic acids is 1. The van der Waals surface area contributed by atoms with E-state index in [9.17, 15) is 4.79 Å². The number of rotatable bonds is 4. The van der Waals surface area contributed by atoms with Crippen molar-refractivity contribution in [1.29, 1.82) is 0 Å². The minimum Gasteiger partial charge on any atom is -0.461 e. The van der Waals surface area contributed by atoms with Crippen LogP contribution in [0.3, 0.4) is 0 Å². The van der Waals surface area contributed by atoms with Crippen molar-refractivity contribution in [3.05, 3.63) is 11.5 Å². The molecule has 0 atom stereocenters. The van der Waals surface area contributed by atoms with Crippen LogP contribution < -0.4 is 5.73 Å². The lowest BCUT2D eigenvalue weighted by Crippen LogP contribution is -2.22. The van der Waals surface area contributed by atoms with Crippen molar-refractivity contribution in [2.45, 2.75) is 53.0 Å². The Balaban J connectivity index is 2.24. The molecule has 1 fully saturated rings. The fraction of sp³-hybridized carbons (Fsp3) is 0.714. The fourth-order valence-corrected chi connectivity index (χ4v) is 2.90. The van der Waals surface area contributed by atoms with Crippen molar-refractivity contribution in [3.8, 4) is 0 Å². The van der Waals surface area contributed by atoms with Gasteiger partial charge >= 0.3 is 5.97 Å². The van der Waals surface area contributed by atoms with Crippen LogP contribution in [0.1, 0.15) is 55.8 Å². The normalized spacial score (nSPS) is 17.6. The minimum atomic E-state index is -0.432. The number of hydrogen-bond acceptors (Lipinski definition) is 4. The summed E-state index contributed by atoms with van der Waals surface area (Å²) in [6, 6.07) is 0. The van der Waals surface area contributed by atoms with E-state index in [2.05, 4.69) is 11.9 Å². The Morgan fingerprint density at radius 3 is 2.68 bits per heavy atom. The third-order valence-electron chi connectivity index (χ3n) is 4.02. The highest BCUT2D eigenvalue weighted by Gasteiger charge is 2.31. The molecule has 0 aliphatic heterocycles. The lowest BCUT2D eigenvalue weighted by Gasteiger charge is -2.25. The summed E-state index contributed by atoms with van der Waals surface area (Å²) in [4.78, 5) is 16.0. The van der Waals surface area contributed by atoms with E-state index in [4.69, 9.17) is 10.5 Å². The van der Waals surface area contributed by atoms with Crippen LogP contribution in [0.5, 0.6) is 0 Å². The molecule has 0 radical (unpaired) electrons. The van der Waals surface area contributed by atoms with Gasteiger partial charge in [0, 0.05) is 6.54 Å². The molecule has 19 heavy (non-hydrogen) atoms. The number of carbonyl (C=O) groups is 1.